The van der Waals surface area contributed by atoms with Gasteiger partial charge in [0.1, 0.15) is 6.04 Å². The van der Waals surface area contributed by atoms with Crippen LogP contribution in [0.5, 0.6) is 0 Å². The van der Waals surface area contributed by atoms with Gasteiger partial charge in [0, 0.05) is 38.8 Å². The first-order valence-electron chi connectivity index (χ1n) is 6.78. The molecule has 0 bridgehead atoms. The molecule has 2 rings (SSSR count). The standard InChI is InChI=1S/C14H23N5/c1-14(2,3)19-7-5-18(6-8-19)12(9-15)13-10-16-11-17(13)4/h10-12H,5-8H2,1-4H3. The molecule has 1 saturated heterocycles. The lowest BCUT2D eigenvalue weighted by Gasteiger charge is -2.43. The average Bonchev–Trinajstić information content (AvgIpc) is 2.76. The second-order valence-electron chi connectivity index (χ2n) is 6.15. The van der Waals surface area contributed by atoms with E-state index in [-0.39, 0.29) is 11.6 Å². The SMILES string of the molecule is Cn1cncc1C(C#N)N1CCN(C(C)(C)C)CC1. The van der Waals surface area contributed by atoms with Gasteiger partial charge < -0.3 is 4.57 Å². The van der Waals surface area contributed by atoms with Gasteiger partial charge in [0.2, 0.25) is 0 Å². The van der Waals surface area contributed by atoms with Crippen molar-refractivity contribution in [3.05, 3.63) is 18.2 Å². The van der Waals surface area contributed by atoms with E-state index in [4.69, 9.17) is 0 Å². The zero-order valence-electron chi connectivity index (χ0n) is 12.3. The molecule has 0 saturated carbocycles. The second kappa shape index (κ2) is 5.32. The number of rotatable bonds is 2. The van der Waals surface area contributed by atoms with Gasteiger partial charge in [0.05, 0.1) is 24.3 Å². The smallest absolute Gasteiger partial charge is 0.140 e. The minimum Gasteiger partial charge on any atom is -0.335 e. The lowest BCUT2D eigenvalue weighted by atomic mass is 10.0. The summed E-state index contributed by atoms with van der Waals surface area (Å²) in [7, 11) is 1.94. The number of hydrogen-bond donors (Lipinski definition) is 0. The summed E-state index contributed by atoms with van der Waals surface area (Å²) in [6.07, 6.45) is 3.55. The van der Waals surface area contributed by atoms with Crippen LogP contribution < -0.4 is 0 Å². The Kier molecular flexibility index (Phi) is 3.93. The summed E-state index contributed by atoms with van der Waals surface area (Å²) < 4.78 is 1.93. The highest BCUT2D eigenvalue weighted by Gasteiger charge is 2.30. The highest BCUT2D eigenvalue weighted by atomic mass is 15.3. The van der Waals surface area contributed by atoms with Gasteiger partial charge >= 0.3 is 0 Å². The summed E-state index contributed by atoms with van der Waals surface area (Å²) in [5.41, 5.74) is 1.19. The monoisotopic (exact) mass is 261 g/mol. The zero-order valence-corrected chi connectivity index (χ0v) is 12.3. The molecule has 1 aliphatic heterocycles. The molecule has 0 radical (unpaired) electrons. The normalized spacial score (nSPS) is 20.2. The van der Waals surface area contributed by atoms with E-state index < -0.39 is 0 Å². The van der Waals surface area contributed by atoms with Crippen molar-refractivity contribution >= 4 is 0 Å². The van der Waals surface area contributed by atoms with Crippen molar-refractivity contribution in [3.8, 4) is 6.07 Å². The van der Waals surface area contributed by atoms with Gasteiger partial charge in [-0.05, 0) is 20.8 Å². The number of hydrogen-bond acceptors (Lipinski definition) is 4. The highest BCUT2D eigenvalue weighted by molar-refractivity contribution is 5.14. The largest absolute Gasteiger partial charge is 0.335 e. The molecule has 1 fully saturated rings. The Hall–Kier alpha value is -1.38. The van der Waals surface area contributed by atoms with Gasteiger partial charge in [0.15, 0.2) is 0 Å². The predicted molar refractivity (Wildman–Crippen MR) is 74.5 cm³/mol. The third-order valence-electron chi connectivity index (χ3n) is 3.88. The van der Waals surface area contributed by atoms with E-state index in [2.05, 4.69) is 41.6 Å². The van der Waals surface area contributed by atoms with Crippen LogP contribution in [-0.2, 0) is 7.05 Å². The maximum absolute atomic E-state index is 9.45. The number of imidazole rings is 1. The van der Waals surface area contributed by atoms with Crippen LogP contribution >= 0.6 is 0 Å². The summed E-state index contributed by atoms with van der Waals surface area (Å²) in [6, 6.07) is 2.23. The predicted octanol–water partition coefficient (Wildman–Crippen LogP) is 1.40. The second-order valence-corrected chi connectivity index (χ2v) is 6.15. The molecule has 0 aliphatic carbocycles. The first kappa shape index (κ1) is 14.0. The van der Waals surface area contributed by atoms with Crippen LogP contribution in [0.1, 0.15) is 32.5 Å². The van der Waals surface area contributed by atoms with Gasteiger partial charge in [-0.1, -0.05) is 0 Å². The van der Waals surface area contributed by atoms with Crippen molar-refractivity contribution in [2.75, 3.05) is 26.2 Å². The van der Waals surface area contributed by atoms with Crippen molar-refractivity contribution in [3.63, 3.8) is 0 Å². The summed E-state index contributed by atoms with van der Waals surface area (Å²) in [5, 5.41) is 9.45. The van der Waals surface area contributed by atoms with Gasteiger partial charge in [-0.15, -0.1) is 0 Å². The third-order valence-corrected chi connectivity index (χ3v) is 3.88. The van der Waals surface area contributed by atoms with Crippen LogP contribution in [0.3, 0.4) is 0 Å². The number of nitrogens with zero attached hydrogens (tertiary/aromatic N) is 5. The van der Waals surface area contributed by atoms with E-state index in [0.29, 0.717) is 0 Å². The van der Waals surface area contributed by atoms with Gasteiger partial charge in [0.25, 0.3) is 0 Å². The minimum atomic E-state index is -0.186. The number of aromatic nitrogens is 2. The summed E-state index contributed by atoms with van der Waals surface area (Å²) >= 11 is 0. The van der Waals surface area contributed by atoms with Crippen LogP contribution in [0.4, 0.5) is 0 Å². The summed E-state index contributed by atoms with van der Waals surface area (Å²) in [5.74, 6) is 0. The molecule has 5 nitrogen and oxygen atoms in total. The van der Waals surface area contributed by atoms with E-state index in [1.54, 1.807) is 12.5 Å². The molecular weight excluding hydrogens is 238 g/mol. The van der Waals surface area contributed by atoms with Crippen LogP contribution in [-0.4, -0.2) is 51.1 Å². The highest BCUT2D eigenvalue weighted by Crippen LogP contribution is 2.23. The summed E-state index contributed by atoms with van der Waals surface area (Å²) in [6.45, 7) is 10.6. The maximum atomic E-state index is 9.45. The maximum Gasteiger partial charge on any atom is 0.140 e. The molecule has 1 unspecified atom stereocenters. The fourth-order valence-electron chi connectivity index (χ4n) is 2.62. The van der Waals surface area contributed by atoms with E-state index >= 15 is 0 Å². The molecule has 0 N–H and O–H groups in total. The van der Waals surface area contributed by atoms with Crippen molar-refractivity contribution in [1.82, 2.24) is 19.4 Å². The van der Waals surface area contributed by atoms with E-state index in [1.807, 2.05) is 11.6 Å². The molecule has 1 aromatic heterocycles. The lowest BCUT2D eigenvalue weighted by Crippen LogP contribution is -2.54. The molecule has 2 heterocycles. The molecule has 5 heteroatoms. The van der Waals surface area contributed by atoms with Gasteiger partial charge in [-0.3, -0.25) is 9.80 Å². The molecule has 1 aliphatic rings. The number of nitriles is 1. The fraction of sp³-hybridized carbons (Fsp3) is 0.714. The third kappa shape index (κ3) is 2.96. The van der Waals surface area contributed by atoms with E-state index in [9.17, 15) is 5.26 Å². The molecule has 1 atom stereocenters. The minimum absolute atomic E-state index is 0.186. The lowest BCUT2D eigenvalue weighted by molar-refractivity contribution is 0.0508. The Labute approximate surface area is 115 Å². The zero-order chi connectivity index (χ0) is 14.0. The summed E-state index contributed by atoms with van der Waals surface area (Å²) in [4.78, 5) is 8.84. The van der Waals surface area contributed by atoms with Crippen molar-refractivity contribution < 1.29 is 0 Å². The van der Waals surface area contributed by atoms with E-state index in [0.717, 1.165) is 31.9 Å². The first-order chi connectivity index (χ1) is 8.93. The Bertz CT molecular complexity index is 457. The topological polar surface area (TPSA) is 48.1 Å². The van der Waals surface area contributed by atoms with Gasteiger partial charge in [-0.25, -0.2) is 4.98 Å². The molecule has 0 aromatic carbocycles. The van der Waals surface area contributed by atoms with Crippen LogP contribution in [0, 0.1) is 11.3 Å². The first-order valence-corrected chi connectivity index (χ1v) is 6.78. The van der Waals surface area contributed by atoms with Crippen LogP contribution in [0.25, 0.3) is 0 Å². The Balaban J connectivity index is 2.05. The molecule has 0 amide bonds. The molecule has 19 heavy (non-hydrogen) atoms. The molecule has 104 valence electrons. The quantitative estimate of drug-likeness (QED) is 0.807. The molecule has 1 aromatic rings. The Morgan fingerprint density at radius 3 is 2.32 bits per heavy atom. The molecule has 0 spiro atoms. The van der Waals surface area contributed by atoms with Crippen molar-refractivity contribution in [2.24, 2.45) is 7.05 Å². The molecular formula is C14H23N5. The Morgan fingerprint density at radius 1 is 1.26 bits per heavy atom. The van der Waals surface area contributed by atoms with Crippen molar-refractivity contribution in [2.45, 2.75) is 32.4 Å². The van der Waals surface area contributed by atoms with Gasteiger partial charge in [-0.2, -0.15) is 5.26 Å². The van der Waals surface area contributed by atoms with Crippen LogP contribution in [0.2, 0.25) is 0 Å². The fourth-order valence-corrected chi connectivity index (χ4v) is 2.62. The van der Waals surface area contributed by atoms with E-state index in [1.165, 1.54) is 0 Å². The average molecular weight is 261 g/mol. The Morgan fingerprint density at radius 2 is 1.89 bits per heavy atom. The van der Waals surface area contributed by atoms with Crippen molar-refractivity contribution in [1.29, 1.82) is 5.26 Å². The van der Waals surface area contributed by atoms with Crippen LogP contribution in [0.15, 0.2) is 12.5 Å². The number of piperazine rings is 1. The number of aryl methyl sites for hydroxylation is 1.